The van der Waals surface area contributed by atoms with E-state index in [0.29, 0.717) is 0 Å². The van der Waals surface area contributed by atoms with Gasteiger partial charge in [0.15, 0.2) is 0 Å². The maximum atomic E-state index is 8.44. The number of hydrogen-bond acceptors (Lipinski definition) is 4. The van der Waals surface area contributed by atoms with E-state index < -0.39 is 11.4 Å². The normalized spacial score (nSPS) is 5.00. The Labute approximate surface area is 106 Å². The van der Waals surface area contributed by atoms with Crippen LogP contribution in [0.15, 0.2) is 12.7 Å². The Balaban J connectivity index is -0.0000000300. The van der Waals surface area contributed by atoms with Crippen LogP contribution in [-0.4, -0.2) is 13.3 Å². The smallest absolute Gasteiger partial charge is 0.784 e. The number of nitrogens with zero attached hydrogens (tertiary/aromatic N) is 1. The van der Waals surface area contributed by atoms with Crippen LogP contribution < -0.4 is 59.1 Å². The molecule has 7 heteroatoms. The van der Waals surface area contributed by atoms with Gasteiger partial charge in [0.25, 0.3) is 0 Å². The van der Waals surface area contributed by atoms with Crippen molar-refractivity contribution in [3.8, 4) is 6.07 Å². The third-order valence-electron chi connectivity index (χ3n) is 0.0913. The van der Waals surface area contributed by atoms with Crippen LogP contribution in [0.3, 0.4) is 0 Å². The molecule has 0 radical (unpaired) electrons. The minimum Gasteiger partial charge on any atom is -0.784 e. The second-order valence-corrected chi connectivity index (χ2v) is 0.946. The van der Waals surface area contributed by atoms with Gasteiger partial charge in [-0.3, -0.25) is 4.21 Å². The van der Waals surface area contributed by atoms with Crippen LogP contribution in [0.5, 0.6) is 0 Å². The molecule has 0 unspecified atom stereocenters. The SMILES string of the molecule is C=CC#N.O=S([O-])[O-].[Na+].[Na+]. The molecule has 0 saturated heterocycles. The van der Waals surface area contributed by atoms with Gasteiger partial charge in [0.1, 0.15) is 0 Å². The molecule has 0 rings (SSSR count). The summed E-state index contributed by atoms with van der Waals surface area (Å²) in [5.74, 6) is 0. The molecule has 0 aromatic rings. The van der Waals surface area contributed by atoms with E-state index in [0.717, 1.165) is 0 Å². The zero-order valence-corrected chi connectivity index (χ0v) is 10.7. The minimum atomic E-state index is -3.11. The van der Waals surface area contributed by atoms with Crippen molar-refractivity contribution in [2.45, 2.75) is 0 Å². The van der Waals surface area contributed by atoms with Crippen LogP contribution in [0.1, 0.15) is 0 Å². The zero-order valence-electron chi connectivity index (χ0n) is 5.86. The molecular weight excluding hydrogens is 176 g/mol. The molecule has 0 aromatic carbocycles. The minimum absolute atomic E-state index is 0. The van der Waals surface area contributed by atoms with Gasteiger partial charge in [-0.2, -0.15) is 5.26 Å². The number of hydrogen-bond donors (Lipinski definition) is 0. The van der Waals surface area contributed by atoms with E-state index in [-0.39, 0.29) is 59.1 Å². The standard InChI is InChI=1S/C3H3N.2Na.H2O3S/c1-2-3-4;;;1-4(2)3/h2H,1H2;;;(H2,1,2,3)/q;2*+1;/p-2. The maximum Gasteiger partial charge on any atom is 1.00 e. The molecule has 0 spiro atoms. The van der Waals surface area contributed by atoms with E-state index in [9.17, 15) is 0 Å². The van der Waals surface area contributed by atoms with Gasteiger partial charge >= 0.3 is 59.1 Å². The third-order valence-corrected chi connectivity index (χ3v) is 0.0913. The predicted octanol–water partition coefficient (Wildman–Crippen LogP) is -6.30. The zero-order chi connectivity index (χ0) is 6.99. The second kappa shape index (κ2) is 22.4. The van der Waals surface area contributed by atoms with Crippen LogP contribution >= 0.6 is 0 Å². The summed E-state index contributed by atoms with van der Waals surface area (Å²) in [6.07, 6.45) is 1.18. The van der Waals surface area contributed by atoms with Crippen molar-refractivity contribution in [1.82, 2.24) is 0 Å². The molecule has 0 amide bonds. The largest absolute Gasteiger partial charge is 1.00 e. The fourth-order valence-electron chi connectivity index (χ4n) is 0. The van der Waals surface area contributed by atoms with Gasteiger partial charge in [-0.05, 0) is 0 Å². The van der Waals surface area contributed by atoms with Crippen molar-refractivity contribution in [3.63, 3.8) is 0 Å². The molecule has 10 heavy (non-hydrogen) atoms. The van der Waals surface area contributed by atoms with E-state index in [1.807, 2.05) is 0 Å². The average Bonchev–Trinajstić information content (AvgIpc) is 1.65. The first-order valence-electron chi connectivity index (χ1n) is 1.42. The molecule has 0 fully saturated rings. The molecule has 0 aliphatic carbocycles. The first-order chi connectivity index (χ1) is 3.65. The molecule has 0 saturated carbocycles. The fraction of sp³-hybridized carbons (Fsp3) is 0. The summed E-state index contributed by atoms with van der Waals surface area (Å²) in [5, 5.41) is 7.51. The molecule has 0 aliphatic rings. The van der Waals surface area contributed by atoms with E-state index in [2.05, 4.69) is 6.58 Å². The van der Waals surface area contributed by atoms with Gasteiger partial charge in [0.05, 0.1) is 6.07 Å². The van der Waals surface area contributed by atoms with E-state index in [1.54, 1.807) is 6.07 Å². The van der Waals surface area contributed by atoms with Crippen molar-refractivity contribution >= 4 is 11.4 Å². The van der Waals surface area contributed by atoms with Crippen molar-refractivity contribution in [3.05, 3.63) is 12.7 Å². The Morgan fingerprint density at radius 3 is 1.60 bits per heavy atom. The molecule has 0 heterocycles. The fourth-order valence-corrected chi connectivity index (χ4v) is 0. The summed E-state index contributed by atoms with van der Waals surface area (Å²) in [6, 6.07) is 1.69. The van der Waals surface area contributed by atoms with Gasteiger partial charge in [-0.1, -0.05) is 6.58 Å². The van der Waals surface area contributed by atoms with Crippen LogP contribution in [-0.2, 0) is 11.4 Å². The molecule has 0 aromatic heterocycles. The van der Waals surface area contributed by atoms with Crippen LogP contribution in [0.2, 0.25) is 0 Å². The van der Waals surface area contributed by atoms with E-state index in [1.165, 1.54) is 6.08 Å². The first-order valence-corrected chi connectivity index (χ1v) is 2.42. The second-order valence-electron chi connectivity index (χ2n) is 0.537. The van der Waals surface area contributed by atoms with Crippen molar-refractivity contribution in [2.75, 3.05) is 0 Å². The molecule has 0 bridgehead atoms. The molecule has 46 valence electrons. The first kappa shape index (κ1) is 22.5. The van der Waals surface area contributed by atoms with Gasteiger partial charge < -0.3 is 9.11 Å². The maximum absolute atomic E-state index is 8.44. The van der Waals surface area contributed by atoms with Gasteiger partial charge in [-0.15, -0.1) is 11.4 Å². The Kier molecular flexibility index (Phi) is 50.5. The van der Waals surface area contributed by atoms with Crippen molar-refractivity contribution in [1.29, 1.82) is 5.26 Å². The topological polar surface area (TPSA) is 87.0 Å². The van der Waals surface area contributed by atoms with Crippen LogP contribution in [0.25, 0.3) is 0 Å². The van der Waals surface area contributed by atoms with Crippen molar-refractivity contribution in [2.24, 2.45) is 0 Å². The summed E-state index contributed by atoms with van der Waals surface area (Å²) >= 11 is -3.11. The quantitative estimate of drug-likeness (QED) is 0.210. The van der Waals surface area contributed by atoms with Crippen molar-refractivity contribution < 1.29 is 72.4 Å². The average molecular weight is 179 g/mol. The Hall–Kier alpha value is 1.30. The Morgan fingerprint density at radius 2 is 1.60 bits per heavy atom. The Bertz CT molecular complexity index is 119. The summed E-state index contributed by atoms with van der Waals surface area (Å²) in [5.41, 5.74) is 0. The number of rotatable bonds is 0. The number of allylic oxidation sites excluding steroid dienone is 1. The number of nitriles is 1. The van der Waals surface area contributed by atoms with Gasteiger partial charge in [0.2, 0.25) is 0 Å². The predicted molar refractivity (Wildman–Crippen MR) is 25.5 cm³/mol. The van der Waals surface area contributed by atoms with Gasteiger partial charge in [-0.25, -0.2) is 0 Å². The molecule has 4 nitrogen and oxygen atoms in total. The third kappa shape index (κ3) is 121. The molecule has 0 atom stereocenters. The summed E-state index contributed by atoms with van der Waals surface area (Å²) < 4.78 is 25.3. The summed E-state index contributed by atoms with van der Waals surface area (Å²) in [6.45, 7) is 3.12. The van der Waals surface area contributed by atoms with E-state index in [4.69, 9.17) is 18.6 Å². The monoisotopic (exact) mass is 179 g/mol. The Morgan fingerprint density at radius 1 is 1.50 bits per heavy atom. The molecule has 0 N–H and O–H groups in total. The molecule has 0 aliphatic heterocycles. The van der Waals surface area contributed by atoms with Crippen LogP contribution in [0.4, 0.5) is 0 Å². The summed E-state index contributed by atoms with van der Waals surface area (Å²) in [7, 11) is 0. The van der Waals surface area contributed by atoms with E-state index >= 15 is 0 Å². The summed E-state index contributed by atoms with van der Waals surface area (Å²) in [4.78, 5) is 0. The van der Waals surface area contributed by atoms with Gasteiger partial charge in [0, 0.05) is 6.08 Å². The van der Waals surface area contributed by atoms with Crippen LogP contribution in [0, 0.1) is 11.3 Å². The molecular formula is C3H3NNa2O3S.